The summed E-state index contributed by atoms with van der Waals surface area (Å²) in [4.78, 5) is 12.1. The number of ether oxygens (including phenoxy) is 1. The third-order valence-corrected chi connectivity index (χ3v) is 4.07. The minimum atomic E-state index is -0.0781. The van der Waals surface area contributed by atoms with Gasteiger partial charge in [-0.25, -0.2) is 0 Å². The highest BCUT2D eigenvalue weighted by molar-refractivity contribution is 5.86. The molecule has 0 amide bonds. The number of rotatable bonds is 1. The SMILES string of the molecule is CO[C@H]1CCC[C@@]12CCCCCC2=O. The average molecular weight is 196 g/mol. The Morgan fingerprint density at radius 1 is 1.21 bits per heavy atom. The minimum absolute atomic E-state index is 0.0781. The lowest BCUT2D eigenvalue weighted by atomic mass is 9.76. The van der Waals surface area contributed by atoms with Crippen LogP contribution >= 0.6 is 0 Å². The standard InChI is InChI=1S/C12H20O2/c1-14-11-7-5-9-12(11)8-4-2-3-6-10(12)13/h11H,2-9H2,1H3/t11-,12+/m0/s1. The molecule has 0 unspecified atom stereocenters. The van der Waals surface area contributed by atoms with E-state index in [-0.39, 0.29) is 11.5 Å². The molecule has 0 N–H and O–H groups in total. The molecule has 2 aliphatic carbocycles. The number of carbonyl (C=O) groups is 1. The van der Waals surface area contributed by atoms with Gasteiger partial charge < -0.3 is 4.74 Å². The first kappa shape index (κ1) is 10.2. The zero-order chi connectivity index (χ0) is 10.0. The Bertz CT molecular complexity index is 224. The third-order valence-electron chi connectivity index (χ3n) is 4.07. The summed E-state index contributed by atoms with van der Waals surface area (Å²) in [6, 6.07) is 0. The largest absolute Gasteiger partial charge is 0.380 e. The molecule has 0 bridgehead atoms. The second-order valence-electron chi connectivity index (χ2n) is 4.76. The fraction of sp³-hybridized carbons (Fsp3) is 0.917. The quantitative estimate of drug-likeness (QED) is 0.644. The van der Waals surface area contributed by atoms with E-state index in [9.17, 15) is 4.79 Å². The Labute approximate surface area is 86.0 Å². The van der Waals surface area contributed by atoms with Crippen LogP contribution in [-0.4, -0.2) is 19.0 Å². The van der Waals surface area contributed by atoms with Crippen LogP contribution in [0.3, 0.4) is 0 Å². The van der Waals surface area contributed by atoms with Gasteiger partial charge in [0.15, 0.2) is 0 Å². The van der Waals surface area contributed by atoms with Crippen molar-refractivity contribution in [3.05, 3.63) is 0 Å². The van der Waals surface area contributed by atoms with Crippen LogP contribution < -0.4 is 0 Å². The molecule has 0 aliphatic heterocycles. The van der Waals surface area contributed by atoms with Gasteiger partial charge in [0.05, 0.1) is 11.5 Å². The number of carbonyl (C=O) groups excluding carboxylic acids is 1. The summed E-state index contributed by atoms with van der Waals surface area (Å²) in [5.74, 6) is 0.486. The molecule has 0 heterocycles. The van der Waals surface area contributed by atoms with Crippen molar-refractivity contribution >= 4 is 5.78 Å². The molecule has 2 fully saturated rings. The molecule has 2 atom stereocenters. The molecule has 14 heavy (non-hydrogen) atoms. The van der Waals surface area contributed by atoms with Gasteiger partial charge in [-0.3, -0.25) is 4.79 Å². The van der Waals surface area contributed by atoms with Crippen LogP contribution in [0.2, 0.25) is 0 Å². The molecular weight excluding hydrogens is 176 g/mol. The average Bonchev–Trinajstić information content (AvgIpc) is 2.51. The van der Waals surface area contributed by atoms with Crippen molar-refractivity contribution in [1.29, 1.82) is 0 Å². The Morgan fingerprint density at radius 2 is 2.00 bits per heavy atom. The lowest BCUT2D eigenvalue weighted by Crippen LogP contribution is -2.38. The predicted molar refractivity (Wildman–Crippen MR) is 55.2 cm³/mol. The van der Waals surface area contributed by atoms with Gasteiger partial charge in [-0.15, -0.1) is 0 Å². The van der Waals surface area contributed by atoms with Crippen LogP contribution in [0.5, 0.6) is 0 Å². The van der Waals surface area contributed by atoms with Gasteiger partial charge in [0, 0.05) is 13.5 Å². The van der Waals surface area contributed by atoms with Gasteiger partial charge in [0.1, 0.15) is 5.78 Å². The zero-order valence-corrected chi connectivity index (χ0v) is 9.05. The number of hydrogen-bond acceptors (Lipinski definition) is 2. The summed E-state index contributed by atoms with van der Waals surface area (Å²) < 4.78 is 5.51. The fourth-order valence-electron chi connectivity index (χ4n) is 3.28. The number of methoxy groups -OCH3 is 1. The first-order valence-electron chi connectivity index (χ1n) is 5.86. The number of Topliss-reactive ketones (excluding diaryl/α,β-unsaturated/α-hetero) is 1. The molecule has 2 rings (SSSR count). The highest BCUT2D eigenvalue weighted by Gasteiger charge is 2.48. The van der Waals surface area contributed by atoms with Crippen LogP contribution in [-0.2, 0) is 9.53 Å². The van der Waals surface area contributed by atoms with Crippen molar-refractivity contribution in [3.8, 4) is 0 Å². The van der Waals surface area contributed by atoms with E-state index in [2.05, 4.69) is 0 Å². The molecule has 2 nitrogen and oxygen atoms in total. The highest BCUT2D eigenvalue weighted by atomic mass is 16.5. The maximum absolute atomic E-state index is 12.1. The molecule has 0 saturated heterocycles. The van der Waals surface area contributed by atoms with Crippen LogP contribution in [0.15, 0.2) is 0 Å². The Kier molecular flexibility index (Phi) is 2.91. The van der Waals surface area contributed by atoms with E-state index in [4.69, 9.17) is 4.74 Å². The van der Waals surface area contributed by atoms with E-state index in [0.717, 1.165) is 32.1 Å². The summed E-state index contributed by atoms with van der Waals surface area (Å²) >= 11 is 0. The van der Waals surface area contributed by atoms with Gasteiger partial charge in [-0.05, 0) is 32.1 Å². The molecular formula is C12H20O2. The van der Waals surface area contributed by atoms with Crippen LogP contribution in [0.4, 0.5) is 0 Å². The molecule has 0 aromatic carbocycles. The van der Waals surface area contributed by atoms with Gasteiger partial charge in [-0.1, -0.05) is 12.8 Å². The molecule has 0 aromatic rings. The second-order valence-corrected chi connectivity index (χ2v) is 4.76. The van der Waals surface area contributed by atoms with E-state index in [1.807, 2.05) is 0 Å². The lowest BCUT2D eigenvalue weighted by Gasteiger charge is -2.32. The van der Waals surface area contributed by atoms with Crippen molar-refractivity contribution in [2.75, 3.05) is 7.11 Å². The van der Waals surface area contributed by atoms with Crippen molar-refractivity contribution in [2.24, 2.45) is 5.41 Å². The van der Waals surface area contributed by atoms with Crippen molar-refractivity contribution in [2.45, 2.75) is 57.5 Å². The monoisotopic (exact) mass is 196 g/mol. The molecule has 2 heteroatoms. The van der Waals surface area contributed by atoms with Gasteiger partial charge in [0.2, 0.25) is 0 Å². The van der Waals surface area contributed by atoms with E-state index in [0.29, 0.717) is 5.78 Å². The van der Waals surface area contributed by atoms with E-state index < -0.39 is 0 Å². The van der Waals surface area contributed by atoms with E-state index in [1.54, 1.807) is 7.11 Å². The fourth-order valence-corrected chi connectivity index (χ4v) is 3.28. The highest BCUT2D eigenvalue weighted by Crippen LogP contribution is 2.47. The molecule has 2 saturated carbocycles. The lowest BCUT2D eigenvalue weighted by molar-refractivity contribution is -0.135. The van der Waals surface area contributed by atoms with E-state index in [1.165, 1.54) is 19.3 Å². The molecule has 1 spiro atoms. The van der Waals surface area contributed by atoms with Crippen LogP contribution in [0.25, 0.3) is 0 Å². The summed E-state index contributed by atoms with van der Waals surface area (Å²) in [5.41, 5.74) is -0.0781. The first-order chi connectivity index (χ1) is 6.79. The van der Waals surface area contributed by atoms with Crippen molar-refractivity contribution < 1.29 is 9.53 Å². The summed E-state index contributed by atoms with van der Waals surface area (Å²) in [5, 5.41) is 0. The molecule has 0 radical (unpaired) electrons. The van der Waals surface area contributed by atoms with Crippen molar-refractivity contribution in [3.63, 3.8) is 0 Å². The third kappa shape index (κ3) is 1.50. The summed E-state index contributed by atoms with van der Waals surface area (Å²) in [7, 11) is 1.76. The van der Waals surface area contributed by atoms with Gasteiger partial charge in [0.25, 0.3) is 0 Å². The first-order valence-corrected chi connectivity index (χ1v) is 5.86. The smallest absolute Gasteiger partial charge is 0.141 e. The maximum atomic E-state index is 12.1. The zero-order valence-electron chi connectivity index (χ0n) is 9.05. The van der Waals surface area contributed by atoms with Gasteiger partial charge >= 0.3 is 0 Å². The van der Waals surface area contributed by atoms with Gasteiger partial charge in [-0.2, -0.15) is 0 Å². The normalized spacial score (nSPS) is 38.9. The minimum Gasteiger partial charge on any atom is -0.380 e. The van der Waals surface area contributed by atoms with E-state index >= 15 is 0 Å². The number of ketones is 1. The van der Waals surface area contributed by atoms with Crippen molar-refractivity contribution in [1.82, 2.24) is 0 Å². The molecule has 0 aromatic heterocycles. The van der Waals surface area contributed by atoms with Crippen LogP contribution in [0.1, 0.15) is 51.4 Å². The summed E-state index contributed by atoms with van der Waals surface area (Å²) in [6.45, 7) is 0. The Morgan fingerprint density at radius 3 is 2.79 bits per heavy atom. The predicted octanol–water partition coefficient (Wildman–Crippen LogP) is 2.70. The summed E-state index contributed by atoms with van der Waals surface area (Å²) in [6.07, 6.45) is 8.95. The van der Waals surface area contributed by atoms with Crippen LogP contribution in [0, 0.1) is 5.41 Å². The Hall–Kier alpha value is -0.370. The molecule has 2 aliphatic rings. The Balaban J connectivity index is 2.20. The second kappa shape index (κ2) is 4.01. The maximum Gasteiger partial charge on any atom is 0.141 e. The number of hydrogen-bond donors (Lipinski definition) is 0. The topological polar surface area (TPSA) is 26.3 Å². The molecule has 80 valence electrons.